The van der Waals surface area contributed by atoms with E-state index >= 15 is 0 Å². The Balaban J connectivity index is 1.89. The minimum absolute atomic E-state index is 0.101. The third-order valence-electron chi connectivity index (χ3n) is 5.29. The zero-order chi connectivity index (χ0) is 22.8. The average molecular weight is 475 g/mol. The summed E-state index contributed by atoms with van der Waals surface area (Å²) in [5.74, 6) is -0.263. The molecule has 2 aromatic carbocycles. The van der Waals surface area contributed by atoms with Crippen LogP contribution in [-0.4, -0.2) is 31.8 Å². The zero-order valence-electron chi connectivity index (χ0n) is 16.7. The first-order valence-corrected chi connectivity index (χ1v) is 11.7. The molecule has 168 valence electrons. The molecule has 2 aromatic rings. The Labute approximate surface area is 184 Å². The summed E-state index contributed by atoms with van der Waals surface area (Å²) < 4.78 is 66.6. The van der Waals surface area contributed by atoms with Gasteiger partial charge in [-0.05, 0) is 62.1 Å². The van der Waals surface area contributed by atoms with Gasteiger partial charge in [0.05, 0.1) is 21.2 Å². The lowest BCUT2D eigenvalue weighted by molar-refractivity contribution is -0.137. The monoisotopic (exact) mass is 474 g/mol. The first-order chi connectivity index (χ1) is 14.5. The normalized spacial score (nSPS) is 17.5. The van der Waals surface area contributed by atoms with Crippen molar-refractivity contribution in [2.75, 3.05) is 11.3 Å². The smallest absolute Gasteiger partial charge is 0.336 e. The van der Waals surface area contributed by atoms with Crippen LogP contribution in [0.3, 0.4) is 0 Å². The first-order valence-electron chi connectivity index (χ1n) is 9.83. The highest BCUT2D eigenvalue weighted by molar-refractivity contribution is 7.92. The molecule has 0 bridgehead atoms. The van der Waals surface area contributed by atoms with E-state index in [0.29, 0.717) is 12.6 Å². The van der Waals surface area contributed by atoms with E-state index in [2.05, 4.69) is 4.72 Å². The molecule has 1 atom stereocenters. The first kappa shape index (κ1) is 23.4. The molecule has 0 radical (unpaired) electrons. The Kier molecular flexibility index (Phi) is 6.85. The number of nitrogens with one attached hydrogen (secondary N) is 1. The summed E-state index contributed by atoms with van der Waals surface area (Å²) in [5, 5.41) is -0.178. The largest absolute Gasteiger partial charge is 0.416 e. The lowest BCUT2D eigenvalue weighted by atomic mass is 9.99. The lowest BCUT2D eigenvalue weighted by Crippen LogP contribution is -2.43. The molecule has 5 nitrogen and oxygen atoms in total. The molecule has 1 aliphatic rings. The number of piperidine rings is 1. The van der Waals surface area contributed by atoms with Crippen LogP contribution in [0.4, 0.5) is 18.9 Å². The van der Waals surface area contributed by atoms with E-state index in [1.54, 1.807) is 4.90 Å². The number of rotatable bonds is 5. The summed E-state index contributed by atoms with van der Waals surface area (Å²) in [6.45, 7) is 2.60. The summed E-state index contributed by atoms with van der Waals surface area (Å²) in [7, 11) is -4.28. The van der Waals surface area contributed by atoms with Gasteiger partial charge >= 0.3 is 6.18 Å². The van der Waals surface area contributed by atoms with Crippen LogP contribution >= 0.6 is 11.6 Å². The molecule has 0 unspecified atom stereocenters. The van der Waals surface area contributed by atoms with Gasteiger partial charge in [0.15, 0.2) is 0 Å². The number of carbonyl (C=O) groups is 1. The fourth-order valence-corrected chi connectivity index (χ4v) is 4.97. The fourth-order valence-electron chi connectivity index (χ4n) is 3.64. The van der Waals surface area contributed by atoms with Gasteiger partial charge in [-0.3, -0.25) is 9.52 Å². The molecule has 31 heavy (non-hydrogen) atoms. The molecular formula is C21H22ClF3N2O3S. The molecule has 0 aromatic heterocycles. The van der Waals surface area contributed by atoms with E-state index in [1.807, 2.05) is 6.92 Å². The van der Waals surface area contributed by atoms with Crippen LogP contribution in [-0.2, 0) is 16.2 Å². The van der Waals surface area contributed by atoms with Gasteiger partial charge in [-0.1, -0.05) is 24.6 Å². The van der Waals surface area contributed by atoms with Gasteiger partial charge in [-0.25, -0.2) is 8.42 Å². The number of hydrogen-bond acceptors (Lipinski definition) is 3. The second-order valence-corrected chi connectivity index (χ2v) is 9.47. The molecule has 10 heteroatoms. The van der Waals surface area contributed by atoms with Crippen molar-refractivity contribution >= 4 is 33.2 Å². The van der Waals surface area contributed by atoms with E-state index in [4.69, 9.17) is 11.6 Å². The van der Waals surface area contributed by atoms with Crippen molar-refractivity contribution in [3.63, 3.8) is 0 Å². The Bertz CT molecular complexity index is 1070. The summed E-state index contributed by atoms with van der Waals surface area (Å²) >= 11 is 5.90. The number of likely N-dealkylation sites (tertiary alicyclic amines) is 1. The lowest BCUT2D eigenvalue weighted by Gasteiger charge is -2.35. The molecule has 0 aliphatic carbocycles. The Morgan fingerprint density at radius 1 is 1.19 bits per heavy atom. The quantitative estimate of drug-likeness (QED) is 0.616. The van der Waals surface area contributed by atoms with Crippen molar-refractivity contribution in [1.82, 2.24) is 4.90 Å². The maximum atomic E-state index is 13.0. The van der Waals surface area contributed by atoms with Gasteiger partial charge < -0.3 is 4.90 Å². The van der Waals surface area contributed by atoms with E-state index in [-0.39, 0.29) is 27.4 Å². The Hall–Kier alpha value is -2.26. The van der Waals surface area contributed by atoms with Crippen molar-refractivity contribution in [3.8, 4) is 0 Å². The van der Waals surface area contributed by atoms with Gasteiger partial charge in [-0.2, -0.15) is 13.2 Å². The highest BCUT2D eigenvalue weighted by Gasteiger charge is 2.32. The van der Waals surface area contributed by atoms with Crippen molar-refractivity contribution in [3.05, 3.63) is 58.6 Å². The van der Waals surface area contributed by atoms with Crippen LogP contribution in [0.1, 0.15) is 48.5 Å². The molecule has 1 saturated heterocycles. The topological polar surface area (TPSA) is 66.5 Å². The minimum Gasteiger partial charge on any atom is -0.336 e. The van der Waals surface area contributed by atoms with Crippen molar-refractivity contribution in [1.29, 1.82) is 0 Å². The SMILES string of the molecule is CC[C@H]1CCCCN1C(=O)c1cccc(S(=O)(=O)Nc2cc(C(F)(F)F)ccc2Cl)c1. The summed E-state index contributed by atoms with van der Waals surface area (Å²) in [5.41, 5.74) is -1.22. The maximum absolute atomic E-state index is 13.0. The molecule has 0 spiro atoms. The second-order valence-electron chi connectivity index (χ2n) is 7.38. The molecule has 1 amide bonds. The number of benzene rings is 2. The summed E-state index contributed by atoms with van der Waals surface area (Å²) in [6, 6.07) is 7.94. The van der Waals surface area contributed by atoms with Gasteiger partial charge in [0, 0.05) is 18.2 Å². The Morgan fingerprint density at radius 3 is 2.61 bits per heavy atom. The number of halogens is 4. The van der Waals surface area contributed by atoms with Crippen molar-refractivity contribution in [2.24, 2.45) is 0 Å². The number of amides is 1. The second kappa shape index (κ2) is 9.08. The van der Waals surface area contributed by atoms with Gasteiger partial charge in [0.1, 0.15) is 0 Å². The maximum Gasteiger partial charge on any atom is 0.416 e. The van der Waals surface area contributed by atoms with Crippen molar-refractivity contribution < 1.29 is 26.4 Å². The predicted molar refractivity (Wildman–Crippen MR) is 113 cm³/mol. The molecule has 0 saturated carbocycles. The number of nitrogens with zero attached hydrogens (tertiary/aromatic N) is 1. The van der Waals surface area contributed by atoms with Crippen LogP contribution in [0.5, 0.6) is 0 Å². The van der Waals surface area contributed by atoms with Gasteiger partial charge in [0.2, 0.25) is 0 Å². The van der Waals surface area contributed by atoms with Crippen LogP contribution in [0.15, 0.2) is 47.4 Å². The molecular weight excluding hydrogens is 453 g/mol. The zero-order valence-corrected chi connectivity index (χ0v) is 18.3. The molecule has 3 rings (SSSR count). The average Bonchev–Trinajstić information content (AvgIpc) is 2.74. The molecule has 1 aliphatic heterocycles. The van der Waals surface area contributed by atoms with Crippen molar-refractivity contribution in [2.45, 2.75) is 49.7 Å². The van der Waals surface area contributed by atoms with E-state index in [9.17, 15) is 26.4 Å². The van der Waals surface area contributed by atoms with Gasteiger partial charge in [-0.15, -0.1) is 0 Å². The standard InChI is InChI=1S/C21H22ClF3N2O3S/c1-2-16-7-3-4-11-27(16)20(28)14-6-5-8-17(12-14)31(29,30)26-19-13-15(21(23,24)25)9-10-18(19)22/h5-6,8-10,12-13,16,26H,2-4,7,11H2,1H3/t16-/m0/s1. The molecule has 1 heterocycles. The summed E-state index contributed by atoms with van der Waals surface area (Å²) in [6.07, 6.45) is -1.02. The fraction of sp³-hybridized carbons (Fsp3) is 0.381. The predicted octanol–water partition coefficient (Wildman–Crippen LogP) is 5.56. The van der Waals surface area contributed by atoms with Crippen LogP contribution in [0, 0.1) is 0 Å². The van der Waals surface area contributed by atoms with E-state index in [1.165, 1.54) is 24.3 Å². The molecule has 1 fully saturated rings. The van der Waals surface area contributed by atoms with E-state index in [0.717, 1.165) is 37.8 Å². The number of alkyl halides is 3. The highest BCUT2D eigenvalue weighted by atomic mass is 35.5. The third kappa shape index (κ3) is 5.33. The molecule has 1 N–H and O–H groups in total. The van der Waals surface area contributed by atoms with Crippen LogP contribution < -0.4 is 4.72 Å². The Morgan fingerprint density at radius 2 is 1.94 bits per heavy atom. The van der Waals surface area contributed by atoms with Gasteiger partial charge in [0.25, 0.3) is 15.9 Å². The van der Waals surface area contributed by atoms with Crippen LogP contribution in [0.2, 0.25) is 5.02 Å². The number of hydrogen-bond donors (Lipinski definition) is 1. The highest BCUT2D eigenvalue weighted by Crippen LogP contribution is 2.34. The summed E-state index contributed by atoms with van der Waals surface area (Å²) in [4.78, 5) is 14.5. The van der Waals surface area contributed by atoms with E-state index < -0.39 is 27.5 Å². The number of anilines is 1. The van der Waals surface area contributed by atoms with Crippen LogP contribution in [0.25, 0.3) is 0 Å². The number of sulfonamides is 1. The third-order valence-corrected chi connectivity index (χ3v) is 6.98. The minimum atomic E-state index is -4.65. The number of carbonyl (C=O) groups excluding carboxylic acids is 1.